The van der Waals surface area contributed by atoms with Crippen LogP contribution in [-0.4, -0.2) is 54.9 Å². The van der Waals surface area contributed by atoms with Gasteiger partial charge in [-0.3, -0.25) is 14.6 Å². The Morgan fingerprint density at radius 3 is 2.55 bits per heavy atom. The number of amides is 1. The van der Waals surface area contributed by atoms with Crippen molar-refractivity contribution in [1.29, 1.82) is 0 Å². The van der Waals surface area contributed by atoms with Gasteiger partial charge in [0.05, 0.1) is 22.5 Å². The average Bonchev–Trinajstić information content (AvgIpc) is 3.56. The van der Waals surface area contributed by atoms with Crippen molar-refractivity contribution in [3.05, 3.63) is 95.1 Å². The number of aromatic amines is 1. The van der Waals surface area contributed by atoms with E-state index < -0.39 is 9.84 Å². The van der Waals surface area contributed by atoms with Crippen LogP contribution in [0, 0.1) is 11.8 Å². The zero-order valence-corrected chi connectivity index (χ0v) is 22.4. The van der Waals surface area contributed by atoms with E-state index in [0.717, 1.165) is 29.7 Å². The Morgan fingerprint density at radius 2 is 1.89 bits per heavy atom. The fourth-order valence-corrected chi connectivity index (χ4v) is 5.27. The molecule has 9 nitrogen and oxygen atoms in total. The normalized spacial score (nSPS) is 11.0. The molecule has 0 unspecified atom stereocenters. The molecular formula is C28H30N6O3S. The molecule has 0 bridgehead atoms. The highest BCUT2D eigenvalue weighted by atomic mass is 32.2. The smallest absolute Gasteiger partial charge is 0.251 e. The Hall–Kier alpha value is -4.36. The number of H-pyrrole nitrogens is 1. The van der Waals surface area contributed by atoms with Crippen molar-refractivity contribution in [3.8, 4) is 11.8 Å². The number of hydrogen-bond donors (Lipinski definition) is 2. The van der Waals surface area contributed by atoms with Crippen LogP contribution in [0.2, 0.25) is 0 Å². The Morgan fingerprint density at radius 1 is 1.11 bits per heavy atom. The summed E-state index contributed by atoms with van der Waals surface area (Å²) in [5, 5.41) is 13.8. The molecule has 0 saturated carbocycles. The highest BCUT2D eigenvalue weighted by Crippen LogP contribution is 2.22. The summed E-state index contributed by atoms with van der Waals surface area (Å²) in [5.41, 5.74) is 3.88. The topological polar surface area (TPSA) is 113 Å². The number of nitrogens with zero attached hydrogens (tertiary/aromatic N) is 4. The Balaban J connectivity index is 1.59. The number of hydrogen-bond acceptors (Lipinski definition) is 6. The lowest BCUT2D eigenvalue weighted by Crippen LogP contribution is -2.25. The summed E-state index contributed by atoms with van der Waals surface area (Å²) in [6.07, 6.45) is 6.81. The van der Waals surface area contributed by atoms with Crippen LogP contribution >= 0.6 is 0 Å². The van der Waals surface area contributed by atoms with Crippen molar-refractivity contribution in [1.82, 2.24) is 25.3 Å². The first-order chi connectivity index (χ1) is 18.2. The van der Waals surface area contributed by atoms with Crippen LogP contribution in [0.3, 0.4) is 0 Å². The fraction of sp³-hybridized carbons (Fsp3) is 0.250. The largest absolute Gasteiger partial charge is 0.378 e. The van der Waals surface area contributed by atoms with E-state index in [1.54, 1.807) is 30.2 Å². The molecule has 38 heavy (non-hydrogen) atoms. The van der Waals surface area contributed by atoms with Gasteiger partial charge in [-0.1, -0.05) is 11.8 Å². The van der Waals surface area contributed by atoms with Crippen LogP contribution in [0.5, 0.6) is 0 Å². The van der Waals surface area contributed by atoms with Gasteiger partial charge in [0, 0.05) is 62.5 Å². The maximum atomic E-state index is 13.3. The van der Waals surface area contributed by atoms with Crippen molar-refractivity contribution in [2.45, 2.75) is 23.5 Å². The zero-order valence-electron chi connectivity index (χ0n) is 21.6. The number of rotatable bonds is 9. The van der Waals surface area contributed by atoms with Crippen LogP contribution < -0.4 is 10.2 Å². The third-order valence-electron chi connectivity index (χ3n) is 5.89. The lowest BCUT2D eigenvalue weighted by atomic mass is 10.1. The minimum Gasteiger partial charge on any atom is -0.378 e. The third-order valence-corrected chi connectivity index (χ3v) is 7.59. The molecular weight excluding hydrogens is 500 g/mol. The summed E-state index contributed by atoms with van der Waals surface area (Å²) in [4.78, 5) is 14.9. The van der Waals surface area contributed by atoms with E-state index in [4.69, 9.17) is 0 Å². The summed E-state index contributed by atoms with van der Waals surface area (Å²) < 4.78 is 28.2. The number of benzene rings is 2. The molecule has 0 saturated heterocycles. The van der Waals surface area contributed by atoms with Gasteiger partial charge >= 0.3 is 0 Å². The van der Waals surface area contributed by atoms with Gasteiger partial charge in [-0.15, -0.1) is 0 Å². The molecule has 0 atom stereocenters. The van der Waals surface area contributed by atoms with E-state index in [1.807, 2.05) is 49.5 Å². The van der Waals surface area contributed by atoms with Crippen molar-refractivity contribution in [3.63, 3.8) is 0 Å². The van der Waals surface area contributed by atoms with E-state index in [9.17, 15) is 13.2 Å². The molecule has 2 aromatic carbocycles. The fourth-order valence-electron chi connectivity index (χ4n) is 3.85. The SMILES string of the molecule is CN(C)c1ccc(C#Cc2cc(C(=O)NCCCc3cn[nH]c3)ccc2S(=O)(=O)Cc2ccn(C)n2)cc1. The van der Waals surface area contributed by atoms with Crippen molar-refractivity contribution in [2.75, 3.05) is 25.5 Å². The van der Waals surface area contributed by atoms with Gasteiger partial charge in [-0.05, 0) is 66.9 Å². The lowest BCUT2D eigenvalue weighted by Gasteiger charge is -2.11. The van der Waals surface area contributed by atoms with Crippen molar-refractivity contribution in [2.24, 2.45) is 7.05 Å². The van der Waals surface area contributed by atoms with Crippen LogP contribution in [0.4, 0.5) is 5.69 Å². The van der Waals surface area contributed by atoms with E-state index in [-0.39, 0.29) is 22.1 Å². The van der Waals surface area contributed by atoms with E-state index in [2.05, 4.69) is 32.5 Å². The quantitative estimate of drug-likeness (QED) is 0.254. The minimum absolute atomic E-state index is 0.0667. The molecule has 0 aliphatic carbocycles. The Bertz CT molecular complexity index is 1560. The van der Waals surface area contributed by atoms with Crippen LogP contribution in [0.1, 0.15) is 39.2 Å². The number of aromatic nitrogens is 4. The Kier molecular flexibility index (Phi) is 8.28. The zero-order chi connectivity index (χ0) is 27.1. The molecule has 4 aromatic rings. The molecule has 196 valence electrons. The van der Waals surface area contributed by atoms with Gasteiger partial charge < -0.3 is 10.2 Å². The molecule has 2 heterocycles. The molecule has 2 aromatic heterocycles. The van der Waals surface area contributed by atoms with Gasteiger partial charge in [0.1, 0.15) is 0 Å². The minimum atomic E-state index is -3.77. The molecule has 0 aliphatic heterocycles. The summed E-state index contributed by atoms with van der Waals surface area (Å²) in [6, 6.07) is 13.8. The standard InChI is InChI=1S/C28H30N6O3S/c1-33(2)26-11-7-21(8-12-26)6-9-23-17-24(28(35)29-15-4-5-22-18-30-31-19-22)10-13-27(23)38(36,37)20-25-14-16-34(3)32-25/h7-8,10-14,16-19H,4-5,15,20H2,1-3H3,(H,29,35)(H,30,31). The van der Waals surface area contributed by atoms with Gasteiger partial charge in [0.25, 0.3) is 5.91 Å². The summed E-state index contributed by atoms with van der Waals surface area (Å²) in [5.74, 6) is 5.49. The number of nitrogens with one attached hydrogen (secondary N) is 2. The van der Waals surface area contributed by atoms with Gasteiger partial charge in [0.15, 0.2) is 9.84 Å². The van der Waals surface area contributed by atoms with Crippen molar-refractivity contribution >= 4 is 21.4 Å². The molecule has 0 fully saturated rings. The van der Waals surface area contributed by atoms with Crippen LogP contribution in [-0.2, 0) is 29.1 Å². The number of aryl methyl sites for hydroxylation is 2. The molecule has 0 aliphatic rings. The van der Waals surface area contributed by atoms with Crippen LogP contribution in [0.25, 0.3) is 0 Å². The predicted molar refractivity (Wildman–Crippen MR) is 147 cm³/mol. The van der Waals surface area contributed by atoms with E-state index in [1.165, 1.54) is 18.2 Å². The number of sulfone groups is 1. The second-order valence-corrected chi connectivity index (χ2v) is 11.1. The molecule has 1 amide bonds. The molecule has 10 heteroatoms. The summed E-state index contributed by atoms with van der Waals surface area (Å²) in [7, 11) is 1.87. The second-order valence-electron chi connectivity index (χ2n) is 9.11. The maximum Gasteiger partial charge on any atom is 0.251 e. The van der Waals surface area contributed by atoms with E-state index >= 15 is 0 Å². The number of anilines is 1. The maximum absolute atomic E-state index is 13.3. The predicted octanol–water partition coefficient (Wildman–Crippen LogP) is 2.95. The lowest BCUT2D eigenvalue weighted by molar-refractivity contribution is 0.0953. The molecule has 0 spiro atoms. The first kappa shape index (κ1) is 26.7. The highest BCUT2D eigenvalue weighted by Gasteiger charge is 2.21. The van der Waals surface area contributed by atoms with Crippen LogP contribution in [0.15, 0.2) is 72.0 Å². The summed E-state index contributed by atoms with van der Waals surface area (Å²) in [6.45, 7) is 0.475. The number of carbonyl (C=O) groups excluding carboxylic acids is 1. The average molecular weight is 531 g/mol. The monoisotopic (exact) mass is 530 g/mol. The molecule has 2 N–H and O–H groups in total. The molecule has 0 radical (unpaired) electrons. The van der Waals surface area contributed by atoms with E-state index in [0.29, 0.717) is 17.8 Å². The second kappa shape index (κ2) is 11.8. The van der Waals surface area contributed by atoms with Gasteiger partial charge in [-0.25, -0.2) is 8.42 Å². The third kappa shape index (κ3) is 6.89. The summed E-state index contributed by atoms with van der Waals surface area (Å²) >= 11 is 0. The Labute approximate surface area is 222 Å². The number of carbonyl (C=O) groups is 1. The highest BCUT2D eigenvalue weighted by molar-refractivity contribution is 7.90. The van der Waals surface area contributed by atoms with Crippen molar-refractivity contribution < 1.29 is 13.2 Å². The molecule has 4 rings (SSSR count). The van der Waals surface area contributed by atoms with Gasteiger partial charge in [-0.2, -0.15) is 10.2 Å². The first-order valence-electron chi connectivity index (χ1n) is 12.1. The first-order valence-corrected chi connectivity index (χ1v) is 13.8. The van der Waals surface area contributed by atoms with Gasteiger partial charge in [0.2, 0.25) is 0 Å².